The van der Waals surface area contributed by atoms with E-state index in [-0.39, 0.29) is 56.4 Å². The Morgan fingerprint density at radius 2 is 2.00 bits per heavy atom. The number of nitro groups is 1. The first kappa shape index (κ1) is 12.0. The van der Waals surface area contributed by atoms with Crippen molar-refractivity contribution >= 4 is 6.09 Å². The molecule has 6 nitrogen and oxygen atoms in total. The van der Waals surface area contributed by atoms with Crippen molar-refractivity contribution in [3.63, 3.8) is 0 Å². The van der Waals surface area contributed by atoms with Gasteiger partial charge >= 0.3 is 51.4 Å². The predicted octanol–water partition coefficient (Wildman–Crippen LogP) is -4.54. The number of carbonyl (C=O) groups is 1. The Bertz CT molecular complexity index is 112. The Morgan fingerprint density at radius 1 is 1.67 bits per heavy atom. The van der Waals surface area contributed by atoms with Gasteiger partial charge in [-0.3, -0.25) is 0 Å². The normalized spacial score (nSPS) is 7.22. The smallest absolute Gasteiger partial charge is 0.526 e. The molecule has 0 heterocycles. The zero-order valence-corrected chi connectivity index (χ0v) is 8.15. The summed E-state index contributed by atoms with van der Waals surface area (Å²) in [6, 6.07) is 0. The third kappa shape index (κ3) is 4.79. The van der Waals surface area contributed by atoms with Gasteiger partial charge in [0.1, 0.15) is 0 Å². The number of carbonyl (C=O) groups excluding carboxylic acids is 1. The molecule has 0 bridgehead atoms. The van der Waals surface area contributed by atoms with Gasteiger partial charge in [-0.25, -0.2) is 10.1 Å². The fourth-order valence-electron chi connectivity index (χ4n) is 0.0667. The first-order valence-corrected chi connectivity index (χ1v) is 1.64. The molecule has 7 heteroatoms. The molecular weight excluding hydrogens is 155 g/mol. The molecule has 0 N–H and O–H groups in total. The van der Waals surface area contributed by atoms with Crippen LogP contribution in [0.1, 0.15) is 0 Å². The van der Waals surface area contributed by atoms with Crippen molar-refractivity contribution in [3.05, 3.63) is 10.1 Å². The first-order valence-electron chi connectivity index (χ1n) is 1.64. The summed E-state index contributed by atoms with van der Waals surface area (Å²) in [4.78, 5) is 19.0. The molecule has 0 radical (unpaired) electrons. The molecule has 0 saturated carbocycles. The van der Waals surface area contributed by atoms with Gasteiger partial charge in [-0.05, 0) is 0 Å². The Hall–Kier alpha value is 0.306. The third-order valence-corrected chi connectivity index (χ3v) is 0.509. The minimum atomic E-state index is -1.82. The van der Waals surface area contributed by atoms with Crippen LogP contribution in [0, 0.1) is 10.1 Å². The van der Waals surface area contributed by atoms with Crippen LogP contribution in [0.3, 0.4) is 0 Å². The second-order valence-electron chi connectivity index (χ2n) is 1.03. The van der Waals surface area contributed by atoms with E-state index < -0.39 is 11.1 Å². The summed E-state index contributed by atoms with van der Waals surface area (Å²) < 4.78 is 0. The molecule has 0 saturated heterocycles. The minimum absolute atomic E-state index is 0. The number of carboxylic acid groups (broad SMARTS) is 1. The van der Waals surface area contributed by atoms with E-state index in [9.17, 15) is 20.0 Å². The van der Waals surface area contributed by atoms with Crippen molar-refractivity contribution in [2.24, 2.45) is 0 Å². The average molecular weight is 158 g/mol. The fourth-order valence-corrected chi connectivity index (χ4v) is 0.0667. The molecule has 0 fully saturated rings. The molecule has 1 amide bonds. The van der Waals surface area contributed by atoms with E-state index in [0.717, 1.165) is 7.05 Å². The van der Waals surface area contributed by atoms with E-state index >= 15 is 0 Å². The Balaban J connectivity index is 0. The van der Waals surface area contributed by atoms with Gasteiger partial charge in [0, 0.05) is 0 Å². The van der Waals surface area contributed by atoms with Crippen LogP contribution in [-0.2, 0) is 0 Å². The summed E-state index contributed by atoms with van der Waals surface area (Å²) in [5.74, 6) is 0. The van der Waals surface area contributed by atoms with Crippen LogP contribution in [0.2, 0.25) is 0 Å². The first-order chi connectivity index (χ1) is 3.55. The number of amides is 1. The summed E-state index contributed by atoms with van der Waals surface area (Å²) >= 11 is 0. The zero-order chi connectivity index (χ0) is 6.73. The van der Waals surface area contributed by atoms with Crippen molar-refractivity contribution in [3.8, 4) is 0 Å². The molecule has 0 rings (SSSR count). The molecule has 0 atom stereocenters. The van der Waals surface area contributed by atoms with E-state index in [2.05, 4.69) is 0 Å². The molecule has 0 unspecified atom stereocenters. The van der Waals surface area contributed by atoms with E-state index in [1.54, 1.807) is 0 Å². The molecule has 0 aromatic heterocycles. The zero-order valence-electron chi connectivity index (χ0n) is 5.03. The van der Waals surface area contributed by atoms with Crippen molar-refractivity contribution < 1.29 is 66.3 Å². The SMILES string of the molecule is CN(C(=O)[O-])[N+](=O)[O-].[K+]. The number of rotatable bonds is 1. The van der Waals surface area contributed by atoms with Crippen molar-refractivity contribution in [2.75, 3.05) is 7.05 Å². The summed E-state index contributed by atoms with van der Waals surface area (Å²) in [7, 11) is 0.787. The van der Waals surface area contributed by atoms with Gasteiger partial charge in [0.2, 0.25) is 6.09 Å². The second kappa shape index (κ2) is 5.12. The van der Waals surface area contributed by atoms with Crippen molar-refractivity contribution in [1.29, 1.82) is 0 Å². The number of hydrogen-bond donors (Lipinski definition) is 0. The van der Waals surface area contributed by atoms with Crippen LogP contribution in [-0.4, -0.2) is 23.2 Å². The minimum Gasteiger partial charge on any atom is -0.526 e. The summed E-state index contributed by atoms with van der Waals surface area (Å²) in [5.41, 5.74) is 0. The van der Waals surface area contributed by atoms with Crippen LogP contribution < -0.4 is 56.5 Å². The van der Waals surface area contributed by atoms with Crippen molar-refractivity contribution in [1.82, 2.24) is 5.01 Å². The molecule has 46 valence electrons. The Morgan fingerprint density at radius 3 is 2.00 bits per heavy atom. The third-order valence-electron chi connectivity index (χ3n) is 0.509. The van der Waals surface area contributed by atoms with E-state index in [0.29, 0.717) is 0 Å². The van der Waals surface area contributed by atoms with Crippen LogP contribution in [0.15, 0.2) is 0 Å². The van der Waals surface area contributed by atoms with E-state index in [4.69, 9.17) is 0 Å². The van der Waals surface area contributed by atoms with Gasteiger partial charge in [0.15, 0.2) is 5.03 Å². The van der Waals surface area contributed by atoms with Crippen molar-refractivity contribution in [2.45, 2.75) is 0 Å². The molecular formula is C2H3KN2O4. The van der Waals surface area contributed by atoms with Gasteiger partial charge in [-0.1, -0.05) is 5.01 Å². The van der Waals surface area contributed by atoms with Crippen LogP contribution in [0.5, 0.6) is 0 Å². The molecule has 0 aliphatic heterocycles. The van der Waals surface area contributed by atoms with Crippen LogP contribution >= 0.6 is 0 Å². The van der Waals surface area contributed by atoms with Gasteiger partial charge in [0.25, 0.3) is 0 Å². The van der Waals surface area contributed by atoms with E-state index in [1.165, 1.54) is 0 Å². The molecule has 0 spiro atoms. The summed E-state index contributed by atoms with van der Waals surface area (Å²) in [6.45, 7) is 0. The average Bonchev–Trinajstić information content (AvgIpc) is 1.64. The largest absolute Gasteiger partial charge is 1.00 e. The maximum absolute atomic E-state index is 9.51. The molecule has 9 heavy (non-hydrogen) atoms. The monoisotopic (exact) mass is 158 g/mol. The van der Waals surface area contributed by atoms with Crippen LogP contribution in [0.25, 0.3) is 0 Å². The Labute approximate surface area is 93.4 Å². The molecule has 0 aliphatic rings. The maximum atomic E-state index is 9.51. The molecule has 0 aromatic carbocycles. The quantitative estimate of drug-likeness (QED) is 0.218. The Kier molecular flexibility index (Phi) is 6.84. The van der Waals surface area contributed by atoms with Gasteiger partial charge in [-0.2, -0.15) is 0 Å². The standard InChI is InChI=1S/C2H4N2O4.K/c1-3(2(5)6)4(7)8;/h1H3,(H,5,6);/q;+1/p-1. The fraction of sp³-hybridized carbons (Fsp3) is 0.500. The number of nitrogens with zero attached hydrogens (tertiary/aromatic N) is 2. The predicted molar refractivity (Wildman–Crippen MR) is 20.2 cm³/mol. The maximum Gasteiger partial charge on any atom is 1.00 e. The summed E-state index contributed by atoms with van der Waals surface area (Å²) in [5, 5.41) is 17.7. The van der Waals surface area contributed by atoms with Gasteiger partial charge < -0.3 is 9.90 Å². The second-order valence-corrected chi connectivity index (χ2v) is 1.03. The molecule has 0 aliphatic carbocycles. The topological polar surface area (TPSA) is 86.5 Å². The van der Waals surface area contributed by atoms with E-state index in [1.807, 2.05) is 0 Å². The van der Waals surface area contributed by atoms with Gasteiger partial charge in [-0.15, -0.1) is 0 Å². The summed E-state index contributed by atoms with van der Waals surface area (Å²) in [6.07, 6.45) is -1.82. The molecule has 0 aromatic rings. The van der Waals surface area contributed by atoms with Crippen LogP contribution in [0.4, 0.5) is 4.79 Å². The number of hydrogen-bond acceptors (Lipinski definition) is 4. The number of hydrazine groups is 1. The van der Waals surface area contributed by atoms with Gasteiger partial charge in [0.05, 0.1) is 7.05 Å².